The molecular formula is C21H13BrFN3. The molecule has 0 unspecified atom stereocenters. The number of rotatable bonds is 3. The molecule has 4 rings (SSSR count). The molecule has 2 heterocycles. The number of benzene rings is 2. The van der Waals surface area contributed by atoms with Gasteiger partial charge in [0.05, 0.1) is 23.0 Å². The Balaban J connectivity index is 1.89. The summed E-state index contributed by atoms with van der Waals surface area (Å²) < 4.78 is 16.6. The summed E-state index contributed by atoms with van der Waals surface area (Å²) >= 11 is 3.50. The average Bonchev–Trinajstić information content (AvgIpc) is 2.99. The summed E-state index contributed by atoms with van der Waals surface area (Å²) in [5, 5.41) is 9.01. The lowest BCUT2D eigenvalue weighted by molar-refractivity contribution is 0.626. The molecule has 0 aliphatic heterocycles. The van der Waals surface area contributed by atoms with E-state index in [0.29, 0.717) is 12.0 Å². The monoisotopic (exact) mass is 405 g/mol. The van der Waals surface area contributed by atoms with Crippen LogP contribution in [0.15, 0.2) is 71.3 Å². The third-order valence-electron chi connectivity index (χ3n) is 4.23. The Morgan fingerprint density at radius 3 is 2.62 bits per heavy atom. The van der Waals surface area contributed by atoms with Gasteiger partial charge in [0.15, 0.2) is 0 Å². The number of hydrogen-bond acceptors (Lipinski definition) is 2. The second-order valence-corrected chi connectivity index (χ2v) is 6.89. The molecule has 0 aliphatic carbocycles. The molecule has 0 bridgehead atoms. The van der Waals surface area contributed by atoms with Gasteiger partial charge in [0.25, 0.3) is 0 Å². The lowest BCUT2D eigenvalue weighted by atomic mass is 10.0. The van der Waals surface area contributed by atoms with Crippen molar-refractivity contribution in [2.45, 2.75) is 6.42 Å². The van der Waals surface area contributed by atoms with Gasteiger partial charge in [0.1, 0.15) is 11.5 Å². The van der Waals surface area contributed by atoms with Gasteiger partial charge in [0.2, 0.25) is 0 Å². The van der Waals surface area contributed by atoms with Crippen molar-refractivity contribution in [2.75, 3.05) is 0 Å². The molecule has 126 valence electrons. The van der Waals surface area contributed by atoms with Crippen molar-refractivity contribution in [3.63, 3.8) is 0 Å². The molecule has 2 aromatic carbocycles. The van der Waals surface area contributed by atoms with Gasteiger partial charge in [0, 0.05) is 22.7 Å². The zero-order valence-corrected chi connectivity index (χ0v) is 15.2. The number of nitriles is 1. The van der Waals surface area contributed by atoms with Gasteiger partial charge in [-0.3, -0.25) is 0 Å². The minimum Gasteiger partial charge on any atom is -0.302 e. The Morgan fingerprint density at radius 2 is 1.88 bits per heavy atom. The van der Waals surface area contributed by atoms with Crippen LogP contribution in [0.3, 0.4) is 0 Å². The maximum atomic E-state index is 13.6. The maximum Gasteiger partial charge on any atom is 0.137 e. The first kappa shape index (κ1) is 16.5. The molecule has 3 nitrogen and oxygen atoms in total. The largest absolute Gasteiger partial charge is 0.302 e. The quantitative estimate of drug-likeness (QED) is 0.459. The van der Waals surface area contributed by atoms with Crippen molar-refractivity contribution >= 4 is 21.6 Å². The van der Waals surface area contributed by atoms with Crippen LogP contribution in [0.4, 0.5) is 4.39 Å². The first-order valence-corrected chi connectivity index (χ1v) is 8.85. The van der Waals surface area contributed by atoms with Crippen LogP contribution in [-0.2, 0) is 6.42 Å². The predicted octanol–water partition coefficient (Wildman–Crippen LogP) is 5.37. The summed E-state index contributed by atoms with van der Waals surface area (Å²) in [6.45, 7) is 0. The molecule has 0 aliphatic rings. The standard InChI is InChI=1S/C21H13BrFN3/c22-17-8-9-20-25-21(16-6-4-14(12-24)5-7-16)19(26(20)13-17)11-15-2-1-3-18(23)10-15/h1-10,13H,11H2. The lowest BCUT2D eigenvalue weighted by Gasteiger charge is -2.07. The molecule has 0 amide bonds. The molecule has 0 atom stereocenters. The van der Waals surface area contributed by atoms with Crippen LogP contribution in [0.5, 0.6) is 0 Å². The number of aromatic nitrogens is 2. The minimum atomic E-state index is -0.252. The Bertz CT molecular complexity index is 1140. The van der Waals surface area contributed by atoms with Gasteiger partial charge < -0.3 is 4.40 Å². The van der Waals surface area contributed by atoms with Crippen LogP contribution in [0.25, 0.3) is 16.9 Å². The van der Waals surface area contributed by atoms with Gasteiger partial charge in [-0.05, 0) is 57.9 Å². The molecule has 0 spiro atoms. The smallest absolute Gasteiger partial charge is 0.137 e. The number of imidazole rings is 1. The van der Waals surface area contributed by atoms with Crippen molar-refractivity contribution < 1.29 is 4.39 Å². The van der Waals surface area contributed by atoms with E-state index < -0.39 is 0 Å². The number of hydrogen-bond donors (Lipinski definition) is 0. The third kappa shape index (κ3) is 3.12. The molecule has 0 N–H and O–H groups in total. The molecular weight excluding hydrogens is 393 g/mol. The first-order valence-electron chi connectivity index (χ1n) is 8.05. The Morgan fingerprint density at radius 1 is 1.08 bits per heavy atom. The van der Waals surface area contributed by atoms with Gasteiger partial charge in [-0.25, -0.2) is 9.37 Å². The predicted molar refractivity (Wildman–Crippen MR) is 102 cm³/mol. The van der Waals surface area contributed by atoms with E-state index in [1.54, 1.807) is 24.3 Å². The highest BCUT2D eigenvalue weighted by atomic mass is 79.9. The number of nitrogens with zero attached hydrogens (tertiary/aromatic N) is 3. The number of fused-ring (bicyclic) bond motifs is 1. The van der Waals surface area contributed by atoms with E-state index in [0.717, 1.165) is 32.6 Å². The van der Waals surface area contributed by atoms with Crippen molar-refractivity contribution in [1.29, 1.82) is 5.26 Å². The fourth-order valence-electron chi connectivity index (χ4n) is 3.01. The lowest BCUT2D eigenvalue weighted by Crippen LogP contribution is -1.97. The molecule has 2 aromatic heterocycles. The highest BCUT2D eigenvalue weighted by Gasteiger charge is 2.15. The van der Waals surface area contributed by atoms with Crippen LogP contribution < -0.4 is 0 Å². The molecule has 0 saturated carbocycles. The molecule has 0 radical (unpaired) electrons. The van der Waals surface area contributed by atoms with Crippen molar-refractivity contribution in [1.82, 2.24) is 9.38 Å². The van der Waals surface area contributed by atoms with E-state index in [9.17, 15) is 4.39 Å². The maximum absolute atomic E-state index is 13.6. The zero-order valence-electron chi connectivity index (χ0n) is 13.7. The Labute approximate surface area is 158 Å². The van der Waals surface area contributed by atoms with E-state index >= 15 is 0 Å². The van der Waals surface area contributed by atoms with Crippen LogP contribution in [0, 0.1) is 17.1 Å². The summed E-state index contributed by atoms with van der Waals surface area (Å²) in [6, 6.07) is 20.0. The highest BCUT2D eigenvalue weighted by Crippen LogP contribution is 2.28. The SMILES string of the molecule is N#Cc1ccc(-c2nc3ccc(Br)cn3c2Cc2cccc(F)c2)cc1. The summed E-state index contributed by atoms with van der Waals surface area (Å²) in [4.78, 5) is 4.76. The number of pyridine rings is 1. The fraction of sp³-hybridized carbons (Fsp3) is 0.0476. The second kappa shape index (κ2) is 6.74. The Hall–Kier alpha value is -2.97. The summed E-state index contributed by atoms with van der Waals surface area (Å²) in [5.74, 6) is -0.252. The van der Waals surface area contributed by atoms with Gasteiger partial charge in [-0.1, -0.05) is 24.3 Å². The van der Waals surface area contributed by atoms with E-state index in [2.05, 4.69) is 22.0 Å². The summed E-state index contributed by atoms with van der Waals surface area (Å²) in [5.41, 5.74) is 5.02. The molecule has 26 heavy (non-hydrogen) atoms. The van der Waals surface area contributed by atoms with Crippen LogP contribution in [0.2, 0.25) is 0 Å². The van der Waals surface area contributed by atoms with E-state index in [-0.39, 0.29) is 5.82 Å². The minimum absolute atomic E-state index is 0.252. The third-order valence-corrected chi connectivity index (χ3v) is 4.70. The summed E-state index contributed by atoms with van der Waals surface area (Å²) in [6.07, 6.45) is 2.51. The van der Waals surface area contributed by atoms with Crippen molar-refractivity contribution in [2.24, 2.45) is 0 Å². The van der Waals surface area contributed by atoms with Crippen LogP contribution >= 0.6 is 15.9 Å². The highest BCUT2D eigenvalue weighted by molar-refractivity contribution is 9.10. The van der Waals surface area contributed by atoms with E-state index in [1.165, 1.54) is 6.07 Å². The van der Waals surface area contributed by atoms with Crippen molar-refractivity contribution in [3.05, 3.63) is 94.0 Å². The van der Waals surface area contributed by atoms with E-state index in [1.807, 2.05) is 40.9 Å². The second-order valence-electron chi connectivity index (χ2n) is 5.98. The number of halogens is 2. The van der Waals surface area contributed by atoms with Gasteiger partial charge in [-0.2, -0.15) is 5.26 Å². The topological polar surface area (TPSA) is 41.1 Å². The average molecular weight is 406 g/mol. The molecule has 0 saturated heterocycles. The zero-order chi connectivity index (χ0) is 18.1. The normalized spacial score (nSPS) is 10.8. The molecule has 0 fully saturated rings. The Kier molecular flexibility index (Phi) is 4.27. The van der Waals surface area contributed by atoms with Crippen LogP contribution in [-0.4, -0.2) is 9.38 Å². The van der Waals surface area contributed by atoms with Crippen molar-refractivity contribution in [3.8, 4) is 17.3 Å². The molecule has 4 aromatic rings. The molecule has 5 heteroatoms. The van der Waals surface area contributed by atoms with Gasteiger partial charge in [-0.15, -0.1) is 0 Å². The van der Waals surface area contributed by atoms with Crippen LogP contribution in [0.1, 0.15) is 16.8 Å². The first-order chi connectivity index (χ1) is 12.6. The fourth-order valence-corrected chi connectivity index (χ4v) is 3.35. The van der Waals surface area contributed by atoms with Gasteiger partial charge >= 0.3 is 0 Å². The summed E-state index contributed by atoms with van der Waals surface area (Å²) in [7, 11) is 0. The van der Waals surface area contributed by atoms with E-state index in [4.69, 9.17) is 10.2 Å².